The highest BCUT2D eigenvalue weighted by atomic mass is 35.5. The normalized spacial score (nSPS) is 27.7. The summed E-state index contributed by atoms with van der Waals surface area (Å²) in [4.78, 5) is 14.0. The Balaban J connectivity index is 1.47. The molecule has 2 fully saturated rings. The van der Waals surface area contributed by atoms with E-state index in [1.807, 2.05) is 36.4 Å². The van der Waals surface area contributed by atoms with Crippen molar-refractivity contribution in [1.82, 2.24) is 10.2 Å². The molecule has 2 unspecified atom stereocenters. The molecule has 2 bridgehead atoms. The molecule has 7 heteroatoms. The summed E-state index contributed by atoms with van der Waals surface area (Å²) in [7, 11) is 0. The SMILES string of the molecule is CC(=O)Nc1cccc(O[C@H]2c3cc(Cl)cc(Cl)c3C[C@H]2N2CC3CCC(C2)N3)c1. The summed E-state index contributed by atoms with van der Waals surface area (Å²) >= 11 is 12.9. The molecule has 5 nitrogen and oxygen atoms in total. The standard InChI is InChI=1S/C23H25Cl2N3O2/c1-13(29)26-15-3-2-4-18(9-15)30-23-20-7-14(24)8-21(25)19(20)10-22(23)28-11-16-5-6-17(12-28)27-16/h2-4,7-9,16-17,22-23,27H,5-6,10-12H2,1H3,(H,26,29)/t16?,17?,22-,23+/m1/s1. The van der Waals surface area contributed by atoms with E-state index >= 15 is 0 Å². The Morgan fingerprint density at radius 1 is 1.17 bits per heavy atom. The molecule has 0 saturated carbocycles. The molecule has 1 aliphatic carbocycles. The zero-order chi connectivity index (χ0) is 20.8. The van der Waals surface area contributed by atoms with Gasteiger partial charge in [0.15, 0.2) is 0 Å². The molecular formula is C23H25Cl2N3O2. The lowest BCUT2D eigenvalue weighted by atomic mass is 10.1. The van der Waals surface area contributed by atoms with Gasteiger partial charge in [-0.2, -0.15) is 0 Å². The number of carbonyl (C=O) groups is 1. The van der Waals surface area contributed by atoms with Crippen molar-refractivity contribution in [1.29, 1.82) is 0 Å². The number of fused-ring (bicyclic) bond motifs is 3. The second kappa shape index (κ2) is 8.04. The second-order valence-corrected chi connectivity index (χ2v) is 9.41. The molecule has 5 rings (SSSR count). The van der Waals surface area contributed by atoms with E-state index in [2.05, 4.69) is 15.5 Å². The van der Waals surface area contributed by atoms with Gasteiger partial charge in [-0.25, -0.2) is 0 Å². The Morgan fingerprint density at radius 3 is 2.67 bits per heavy atom. The van der Waals surface area contributed by atoms with Gasteiger partial charge >= 0.3 is 0 Å². The largest absolute Gasteiger partial charge is 0.484 e. The van der Waals surface area contributed by atoms with Crippen LogP contribution in [0.1, 0.15) is 37.0 Å². The van der Waals surface area contributed by atoms with Crippen LogP contribution in [-0.4, -0.2) is 42.0 Å². The minimum Gasteiger partial charge on any atom is -0.484 e. The van der Waals surface area contributed by atoms with Gasteiger partial charge in [-0.15, -0.1) is 0 Å². The van der Waals surface area contributed by atoms with Crippen LogP contribution in [0.4, 0.5) is 5.69 Å². The first-order valence-corrected chi connectivity index (χ1v) is 11.2. The van der Waals surface area contributed by atoms with Crippen molar-refractivity contribution in [2.75, 3.05) is 18.4 Å². The third kappa shape index (κ3) is 3.92. The van der Waals surface area contributed by atoms with E-state index in [0.717, 1.165) is 42.1 Å². The average molecular weight is 446 g/mol. The fourth-order valence-corrected chi connectivity index (χ4v) is 5.76. The Kier molecular flexibility index (Phi) is 5.40. The Labute approximate surface area is 186 Å². The van der Waals surface area contributed by atoms with E-state index in [9.17, 15) is 4.79 Å². The number of benzene rings is 2. The maximum absolute atomic E-state index is 11.4. The van der Waals surface area contributed by atoms with E-state index < -0.39 is 0 Å². The third-order valence-electron chi connectivity index (χ3n) is 6.40. The van der Waals surface area contributed by atoms with Crippen LogP contribution in [-0.2, 0) is 11.2 Å². The van der Waals surface area contributed by atoms with Gasteiger partial charge in [0.1, 0.15) is 11.9 Å². The molecule has 158 valence electrons. The Bertz CT molecular complexity index is 971. The predicted molar refractivity (Wildman–Crippen MR) is 120 cm³/mol. The van der Waals surface area contributed by atoms with Crippen LogP contribution >= 0.6 is 23.2 Å². The molecule has 30 heavy (non-hydrogen) atoms. The lowest BCUT2D eigenvalue weighted by Gasteiger charge is -2.39. The molecule has 0 spiro atoms. The molecular weight excluding hydrogens is 421 g/mol. The monoisotopic (exact) mass is 445 g/mol. The van der Waals surface area contributed by atoms with Gasteiger partial charge in [-0.05, 0) is 49.1 Å². The van der Waals surface area contributed by atoms with Gasteiger partial charge in [0.25, 0.3) is 0 Å². The molecule has 2 aliphatic heterocycles. The Morgan fingerprint density at radius 2 is 1.93 bits per heavy atom. The van der Waals surface area contributed by atoms with Crippen LogP contribution in [0.25, 0.3) is 0 Å². The summed E-state index contributed by atoms with van der Waals surface area (Å²) in [6.07, 6.45) is 3.15. The van der Waals surface area contributed by atoms with Crippen LogP contribution in [0.15, 0.2) is 36.4 Å². The molecule has 0 aromatic heterocycles. The van der Waals surface area contributed by atoms with Crippen molar-refractivity contribution in [2.45, 2.75) is 50.4 Å². The highest BCUT2D eigenvalue weighted by molar-refractivity contribution is 6.35. The molecule has 2 saturated heterocycles. The molecule has 2 aromatic rings. The van der Waals surface area contributed by atoms with E-state index in [1.165, 1.54) is 19.8 Å². The maximum atomic E-state index is 11.4. The molecule has 2 aromatic carbocycles. The highest BCUT2D eigenvalue weighted by Gasteiger charge is 2.43. The van der Waals surface area contributed by atoms with Gasteiger partial charge in [0, 0.05) is 59.5 Å². The van der Waals surface area contributed by atoms with Gasteiger partial charge in [0.2, 0.25) is 5.91 Å². The first-order valence-electron chi connectivity index (χ1n) is 10.5. The quantitative estimate of drug-likeness (QED) is 0.730. The number of ether oxygens (including phenoxy) is 1. The fourth-order valence-electron chi connectivity index (χ4n) is 5.18. The van der Waals surface area contributed by atoms with Gasteiger partial charge < -0.3 is 15.4 Å². The number of nitrogens with one attached hydrogen (secondary N) is 2. The van der Waals surface area contributed by atoms with Crippen LogP contribution in [0.3, 0.4) is 0 Å². The topological polar surface area (TPSA) is 53.6 Å². The number of likely N-dealkylation sites (tertiary alicyclic amines) is 1. The number of nitrogens with zero attached hydrogens (tertiary/aromatic N) is 1. The zero-order valence-electron chi connectivity index (χ0n) is 16.8. The molecule has 0 radical (unpaired) electrons. The summed E-state index contributed by atoms with van der Waals surface area (Å²) in [5.74, 6) is 0.615. The molecule has 3 aliphatic rings. The summed E-state index contributed by atoms with van der Waals surface area (Å²) < 4.78 is 6.56. The average Bonchev–Trinajstić information content (AvgIpc) is 3.21. The highest BCUT2D eigenvalue weighted by Crippen LogP contribution is 2.43. The van der Waals surface area contributed by atoms with Crippen molar-refractivity contribution in [3.63, 3.8) is 0 Å². The predicted octanol–water partition coefficient (Wildman–Crippen LogP) is 4.43. The number of rotatable bonds is 4. The van der Waals surface area contributed by atoms with Crippen molar-refractivity contribution in [2.24, 2.45) is 0 Å². The third-order valence-corrected chi connectivity index (χ3v) is 6.95. The van der Waals surface area contributed by atoms with E-state index in [0.29, 0.717) is 22.1 Å². The van der Waals surface area contributed by atoms with Crippen LogP contribution in [0.2, 0.25) is 10.0 Å². The molecule has 4 atom stereocenters. The number of hydrogen-bond donors (Lipinski definition) is 2. The van der Waals surface area contributed by atoms with E-state index in [1.54, 1.807) is 0 Å². The summed E-state index contributed by atoms with van der Waals surface area (Å²) in [5.41, 5.74) is 2.91. The van der Waals surface area contributed by atoms with Crippen molar-refractivity contribution >= 4 is 34.8 Å². The molecule has 2 heterocycles. The summed E-state index contributed by atoms with van der Waals surface area (Å²) in [6.45, 7) is 3.54. The van der Waals surface area contributed by atoms with Crippen LogP contribution < -0.4 is 15.4 Å². The molecule has 1 amide bonds. The first kappa shape index (κ1) is 20.1. The van der Waals surface area contributed by atoms with Crippen LogP contribution in [0.5, 0.6) is 5.75 Å². The van der Waals surface area contributed by atoms with Gasteiger partial charge in [-0.3, -0.25) is 9.69 Å². The minimum absolute atomic E-state index is 0.105. The Hall–Kier alpha value is -1.79. The zero-order valence-corrected chi connectivity index (χ0v) is 18.3. The van der Waals surface area contributed by atoms with Crippen LogP contribution in [0, 0.1) is 0 Å². The first-order chi connectivity index (χ1) is 14.5. The van der Waals surface area contributed by atoms with Gasteiger partial charge in [-0.1, -0.05) is 29.3 Å². The number of anilines is 1. The number of piperazine rings is 1. The van der Waals surface area contributed by atoms with E-state index in [-0.39, 0.29) is 18.1 Å². The minimum atomic E-state index is -0.165. The van der Waals surface area contributed by atoms with Crippen molar-refractivity contribution < 1.29 is 9.53 Å². The van der Waals surface area contributed by atoms with E-state index in [4.69, 9.17) is 27.9 Å². The smallest absolute Gasteiger partial charge is 0.221 e. The number of hydrogen-bond acceptors (Lipinski definition) is 4. The fraction of sp³-hybridized carbons (Fsp3) is 0.435. The summed E-state index contributed by atoms with van der Waals surface area (Å²) in [5, 5.41) is 7.86. The van der Waals surface area contributed by atoms with Crippen molar-refractivity contribution in [3.8, 4) is 5.75 Å². The maximum Gasteiger partial charge on any atom is 0.221 e. The lowest BCUT2D eigenvalue weighted by Crippen LogP contribution is -2.55. The van der Waals surface area contributed by atoms with Crippen molar-refractivity contribution in [3.05, 3.63) is 57.6 Å². The van der Waals surface area contributed by atoms with Gasteiger partial charge in [0.05, 0.1) is 6.04 Å². The lowest BCUT2D eigenvalue weighted by molar-refractivity contribution is -0.114. The number of amides is 1. The summed E-state index contributed by atoms with van der Waals surface area (Å²) in [6, 6.07) is 12.6. The molecule has 2 N–H and O–H groups in total. The number of carbonyl (C=O) groups excluding carboxylic acids is 1. The second-order valence-electron chi connectivity index (χ2n) is 8.57. The number of halogens is 2.